The lowest BCUT2D eigenvalue weighted by Gasteiger charge is -2.11. The molecule has 0 fully saturated rings. The van der Waals surface area contributed by atoms with Crippen molar-refractivity contribution < 1.29 is 9.53 Å². The number of amides is 1. The summed E-state index contributed by atoms with van der Waals surface area (Å²) in [5, 5.41) is 12.8. The summed E-state index contributed by atoms with van der Waals surface area (Å²) in [5.74, 6) is 0.237. The average molecular weight is 374 g/mol. The van der Waals surface area contributed by atoms with Crippen LogP contribution in [0.1, 0.15) is 27.9 Å². The summed E-state index contributed by atoms with van der Waals surface area (Å²) in [6.07, 6.45) is 0.786. The van der Waals surface area contributed by atoms with Crippen molar-refractivity contribution in [3.63, 3.8) is 0 Å². The fraction of sp³-hybridized carbons (Fsp3) is 0.167. The third-order valence-electron chi connectivity index (χ3n) is 3.43. The lowest BCUT2D eigenvalue weighted by Crippen LogP contribution is -2.13. The second kappa shape index (κ2) is 8.09. The van der Waals surface area contributed by atoms with E-state index in [1.165, 1.54) is 11.3 Å². The second-order valence-corrected chi connectivity index (χ2v) is 6.72. The molecule has 1 amide bonds. The Balaban J connectivity index is 1.71. The topological polar surface area (TPSA) is 64.1 Å². The van der Waals surface area contributed by atoms with E-state index in [9.17, 15) is 4.79 Å². The zero-order valence-corrected chi connectivity index (χ0v) is 15.1. The van der Waals surface area contributed by atoms with Gasteiger partial charge in [0.15, 0.2) is 0 Å². The molecule has 3 rings (SSSR count). The van der Waals surface area contributed by atoms with E-state index in [2.05, 4.69) is 15.5 Å². The summed E-state index contributed by atoms with van der Waals surface area (Å²) >= 11 is 7.25. The summed E-state index contributed by atoms with van der Waals surface area (Å²) < 4.78 is 5.81. The Bertz CT molecular complexity index is 865. The largest absolute Gasteiger partial charge is 0.488 e. The predicted molar refractivity (Wildman–Crippen MR) is 99.5 cm³/mol. The highest BCUT2D eigenvalue weighted by Gasteiger charge is 2.14. The lowest BCUT2D eigenvalue weighted by molar-refractivity contribution is 0.102. The number of nitrogens with zero attached hydrogens (tertiary/aromatic N) is 2. The van der Waals surface area contributed by atoms with E-state index in [4.69, 9.17) is 16.3 Å². The maximum atomic E-state index is 12.5. The Morgan fingerprint density at radius 2 is 1.92 bits per heavy atom. The van der Waals surface area contributed by atoms with Gasteiger partial charge in [0.25, 0.3) is 5.91 Å². The highest BCUT2D eigenvalue weighted by Crippen LogP contribution is 2.22. The number of aryl methyl sites for hydroxylation is 1. The monoisotopic (exact) mass is 373 g/mol. The standard InChI is InChI=1S/C18H16ClN3O2S/c1-2-16-21-22-18(25-16)20-17(23)14-5-3-4-6-15(14)24-11-12-7-9-13(19)10-8-12/h3-10H,2,11H2,1H3,(H,20,22,23). The molecule has 7 heteroatoms. The molecule has 1 aromatic heterocycles. The fourth-order valence-electron chi connectivity index (χ4n) is 2.13. The van der Waals surface area contributed by atoms with Gasteiger partial charge in [-0.1, -0.05) is 54.1 Å². The minimum Gasteiger partial charge on any atom is -0.488 e. The average Bonchev–Trinajstić information content (AvgIpc) is 3.09. The molecule has 25 heavy (non-hydrogen) atoms. The van der Waals surface area contributed by atoms with Crippen LogP contribution in [0.2, 0.25) is 5.02 Å². The van der Waals surface area contributed by atoms with Crippen molar-refractivity contribution in [1.29, 1.82) is 0 Å². The first kappa shape index (κ1) is 17.4. The maximum Gasteiger partial charge on any atom is 0.261 e. The molecule has 0 aliphatic carbocycles. The number of benzene rings is 2. The van der Waals surface area contributed by atoms with Gasteiger partial charge in [-0.3, -0.25) is 10.1 Å². The van der Waals surface area contributed by atoms with E-state index in [0.29, 0.717) is 28.1 Å². The van der Waals surface area contributed by atoms with E-state index in [1.54, 1.807) is 30.3 Å². The number of hydrogen-bond donors (Lipinski definition) is 1. The van der Waals surface area contributed by atoms with Gasteiger partial charge in [0, 0.05) is 5.02 Å². The Hall–Kier alpha value is -2.44. The Morgan fingerprint density at radius 3 is 2.64 bits per heavy atom. The van der Waals surface area contributed by atoms with E-state index in [1.807, 2.05) is 25.1 Å². The molecule has 0 aliphatic rings. The molecule has 0 atom stereocenters. The lowest BCUT2D eigenvalue weighted by atomic mass is 10.2. The SMILES string of the molecule is CCc1nnc(NC(=O)c2ccccc2OCc2ccc(Cl)cc2)s1. The van der Waals surface area contributed by atoms with Crippen molar-refractivity contribution in [2.45, 2.75) is 20.0 Å². The Morgan fingerprint density at radius 1 is 1.16 bits per heavy atom. The first-order valence-electron chi connectivity index (χ1n) is 7.75. The van der Waals surface area contributed by atoms with Gasteiger partial charge in [-0.05, 0) is 36.2 Å². The number of anilines is 1. The van der Waals surface area contributed by atoms with Crippen molar-refractivity contribution in [3.05, 3.63) is 69.7 Å². The molecule has 3 aromatic rings. The summed E-state index contributed by atoms with van der Waals surface area (Å²) in [6, 6.07) is 14.5. The van der Waals surface area contributed by atoms with Crippen LogP contribution in [0.3, 0.4) is 0 Å². The van der Waals surface area contributed by atoms with Crippen LogP contribution in [0.25, 0.3) is 0 Å². The number of ether oxygens (including phenoxy) is 1. The van der Waals surface area contributed by atoms with Gasteiger partial charge < -0.3 is 4.74 Å². The molecule has 0 saturated carbocycles. The Labute approximate surface area is 154 Å². The van der Waals surface area contributed by atoms with Crippen LogP contribution in [0.5, 0.6) is 5.75 Å². The quantitative estimate of drug-likeness (QED) is 0.686. The molecule has 2 aromatic carbocycles. The number of rotatable bonds is 6. The van der Waals surface area contributed by atoms with E-state index < -0.39 is 0 Å². The maximum absolute atomic E-state index is 12.5. The zero-order valence-electron chi connectivity index (χ0n) is 13.5. The van der Waals surface area contributed by atoms with Crippen LogP contribution in [0.15, 0.2) is 48.5 Å². The third-order valence-corrected chi connectivity index (χ3v) is 4.66. The molecule has 0 spiro atoms. The molecule has 5 nitrogen and oxygen atoms in total. The zero-order chi connectivity index (χ0) is 17.6. The molecule has 0 aliphatic heterocycles. The van der Waals surface area contributed by atoms with Gasteiger partial charge in [0.2, 0.25) is 5.13 Å². The summed E-state index contributed by atoms with van der Waals surface area (Å²) in [6.45, 7) is 2.34. The first-order chi connectivity index (χ1) is 12.2. The predicted octanol–water partition coefficient (Wildman–Crippen LogP) is 4.59. The molecular weight excluding hydrogens is 358 g/mol. The van der Waals surface area contributed by atoms with Crippen molar-refractivity contribution >= 4 is 34.0 Å². The number of para-hydroxylation sites is 1. The summed E-state index contributed by atoms with van der Waals surface area (Å²) in [5.41, 5.74) is 1.42. The van der Waals surface area contributed by atoms with Crippen LogP contribution in [-0.4, -0.2) is 16.1 Å². The molecule has 0 unspecified atom stereocenters. The third kappa shape index (κ3) is 4.55. The highest BCUT2D eigenvalue weighted by atomic mass is 35.5. The Kier molecular flexibility index (Phi) is 5.63. The van der Waals surface area contributed by atoms with E-state index >= 15 is 0 Å². The number of carbonyl (C=O) groups excluding carboxylic acids is 1. The summed E-state index contributed by atoms with van der Waals surface area (Å²) in [7, 11) is 0. The fourth-order valence-corrected chi connectivity index (χ4v) is 2.93. The van der Waals surface area contributed by atoms with Crippen LogP contribution in [0.4, 0.5) is 5.13 Å². The molecule has 1 N–H and O–H groups in total. The van der Waals surface area contributed by atoms with Crippen molar-refractivity contribution in [1.82, 2.24) is 10.2 Å². The summed E-state index contributed by atoms with van der Waals surface area (Å²) in [4.78, 5) is 12.5. The normalized spacial score (nSPS) is 10.5. The van der Waals surface area contributed by atoms with Gasteiger partial charge in [-0.2, -0.15) is 0 Å². The van der Waals surface area contributed by atoms with Crippen LogP contribution < -0.4 is 10.1 Å². The van der Waals surface area contributed by atoms with Crippen molar-refractivity contribution in [3.8, 4) is 5.75 Å². The number of halogens is 1. The molecule has 0 radical (unpaired) electrons. The number of hydrogen-bond acceptors (Lipinski definition) is 5. The van der Waals surface area contributed by atoms with Crippen LogP contribution >= 0.6 is 22.9 Å². The van der Waals surface area contributed by atoms with Crippen LogP contribution in [-0.2, 0) is 13.0 Å². The van der Waals surface area contributed by atoms with E-state index in [-0.39, 0.29) is 5.91 Å². The second-order valence-electron chi connectivity index (χ2n) is 5.22. The van der Waals surface area contributed by atoms with Gasteiger partial charge in [0.1, 0.15) is 17.4 Å². The van der Waals surface area contributed by atoms with Crippen molar-refractivity contribution in [2.75, 3.05) is 5.32 Å². The molecular formula is C18H16ClN3O2S. The first-order valence-corrected chi connectivity index (χ1v) is 8.95. The minimum absolute atomic E-state index is 0.273. The van der Waals surface area contributed by atoms with E-state index in [0.717, 1.165) is 17.0 Å². The number of nitrogens with one attached hydrogen (secondary N) is 1. The van der Waals surface area contributed by atoms with Gasteiger partial charge in [-0.15, -0.1) is 10.2 Å². The molecule has 0 bridgehead atoms. The molecule has 1 heterocycles. The molecule has 0 saturated heterocycles. The van der Waals surface area contributed by atoms with Gasteiger partial charge in [-0.25, -0.2) is 0 Å². The minimum atomic E-state index is -0.273. The smallest absolute Gasteiger partial charge is 0.261 e. The highest BCUT2D eigenvalue weighted by molar-refractivity contribution is 7.15. The number of carbonyl (C=O) groups is 1. The van der Waals surface area contributed by atoms with Crippen molar-refractivity contribution in [2.24, 2.45) is 0 Å². The van der Waals surface area contributed by atoms with Gasteiger partial charge in [0.05, 0.1) is 5.56 Å². The number of aromatic nitrogens is 2. The van der Waals surface area contributed by atoms with Crippen LogP contribution in [0, 0.1) is 0 Å². The van der Waals surface area contributed by atoms with Gasteiger partial charge >= 0.3 is 0 Å². The molecule has 128 valence electrons.